The van der Waals surface area contributed by atoms with Crippen molar-refractivity contribution in [3.63, 3.8) is 0 Å². The molecule has 2 aliphatic rings. The smallest absolute Gasteiger partial charge is 0.323 e. The van der Waals surface area contributed by atoms with Crippen LogP contribution in [0.1, 0.15) is 45.2 Å². The summed E-state index contributed by atoms with van der Waals surface area (Å²) in [7, 11) is 1.63. The summed E-state index contributed by atoms with van der Waals surface area (Å²) in [5.41, 5.74) is 5.17. The number of hydrogen-bond donors (Lipinski definition) is 2. The van der Waals surface area contributed by atoms with Crippen molar-refractivity contribution in [3.8, 4) is 0 Å². The first-order chi connectivity index (χ1) is 18.7. The third-order valence-corrected chi connectivity index (χ3v) is 10.1. The van der Waals surface area contributed by atoms with Gasteiger partial charge in [-0.15, -0.1) is 11.3 Å². The van der Waals surface area contributed by atoms with E-state index in [1.54, 1.807) is 29.5 Å². The number of thiazole rings is 1. The van der Waals surface area contributed by atoms with Gasteiger partial charge in [-0.05, 0) is 50.1 Å². The summed E-state index contributed by atoms with van der Waals surface area (Å²) >= 11 is 9.13. The molecule has 9 nitrogen and oxygen atoms in total. The number of amides is 1. The monoisotopic (exact) mass is 606 g/mol. The van der Waals surface area contributed by atoms with Crippen molar-refractivity contribution in [2.24, 2.45) is 0 Å². The van der Waals surface area contributed by atoms with Crippen LogP contribution in [-0.4, -0.2) is 51.0 Å². The molecule has 0 spiro atoms. The van der Waals surface area contributed by atoms with Crippen molar-refractivity contribution in [1.29, 1.82) is 0 Å². The molecule has 0 saturated carbocycles. The zero-order chi connectivity index (χ0) is 28.3. The number of allylic oxidation sites excluding steroid dienone is 1. The molecule has 2 aliphatic heterocycles. The molecule has 2 aromatic rings. The van der Waals surface area contributed by atoms with Gasteiger partial charge < -0.3 is 14.8 Å². The number of benzene rings is 1. The van der Waals surface area contributed by atoms with Crippen molar-refractivity contribution < 1.29 is 19.5 Å². The molecule has 2 N–H and O–H groups in total. The maximum absolute atomic E-state index is 13.2. The van der Waals surface area contributed by atoms with Crippen LogP contribution in [0.3, 0.4) is 0 Å². The average molecular weight is 607 g/mol. The van der Waals surface area contributed by atoms with E-state index in [1.807, 2.05) is 13.0 Å². The maximum Gasteiger partial charge on any atom is 0.323 e. The van der Waals surface area contributed by atoms with E-state index in [1.165, 1.54) is 11.3 Å². The molecule has 1 saturated heterocycles. The number of aliphatic carboxylic acids is 1. The second-order valence-electron chi connectivity index (χ2n) is 8.71. The molecule has 1 aromatic heterocycles. The molecule has 39 heavy (non-hydrogen) atoms. The first-order valence-electron chi connectivity index (χ1n) is 12.5. The zero-order valence-electron chi connectivity index (χ0n) is 22.1. The van der Waals surface area contributed by atoms with Crippen molar-refractivity contribution in [2.45, 2.75) is 51.1 Å². The first-order valence-corrected chi connectivity index (χ1v) is 15.4. The fraction of sp³-hybridized carbons (Fsp3) is 0.385. The molecule has 0 radical (unpaired) electrons. The standard InChI is InChI=1S/C26H30N4O5S4/c1-5-8-16(27-35-4)15-9-10-18-17(13-15)28(6-2)20(37-18)12-11-19-23(33)29(7-3)25(38-19)22-24(34)30(14-21(31)32)26(36)39-22/h9-13,16,27H,5-8,14H2,1-4H3,(H,31,32)/b19-11+,20-12-,25-22-. The highest BCUT2D eigenvalue weighted by Gasteiger charge is 2.35. The summed E-state index contributed by atoms with van der Waals surface area (Å²) in [4.78, 5) is 47.3. The lowest BCUT2D eigenvalue weighted by atomic mass is 10.0. The predicted molar refractivity (Wildman–Crippen MR) is 162 cm³/mol. The Morgan fingerprint density at radius 3 is 2.56 bits per heavy atom. The lowest BCUT2D eigenvalue weighted by Crippen LogP contribution is -2.35. The molecule has 1 unspecified atom stereocenters. The topological polar surface area (TPSA) is 104 Å². The average Bonchev–Trinajstić information content (AvgIpc) is 3.52. The van der Waals surface area contributed by atoms with Gasteiger partial charge in [0.25, 0.3) is 11.5 Å². The Morgan fingerprint density at radius 2 is 1.92 bits per heavy atom. The van der Waals surface area contributed by atoms with Gasteiger partial charge in [-0.1, -0.05) is 55.2 Å². The number of fused-ring (bicyclic) bond motifs is 1. The van der Waals surface area contributed by atoms with Crippen LogP contribution < -0.4 is 25.1 Å². The van der Waals surface area contributed by atoms with Gasteiger partial charge in [0.2, 0.25) is 0 Å². The van der Waals surface area contributed by atoms with E-state index < -0.39 is 18.4 Å². The van der Waals surface area contributed by atoms with Crippen LogP contribution in [0.2, 0.25) is 0 Å². The predicted octanol–water partition coefficient (Wildman–Crippen LogP) is 3.23. The Balaban J connectivity index is 1.72. The van der Waals surface area contributed by atoms with E-state index in [2.05, 4.69) is 42.4 Å². The molecule has 1 amide bonds. The number of carboxylic acids is 1. The Labute approximate surface area is 244 Å². The second-order valence-corrected chi connectivity index (χ2v) is 12.4. The van der Waals surface area contributed by atoms with Gasteiger partial charge in [0.05, 0.1) is 28.4 Å². The molecule has 208 valence electrons. The van der Waals surface area contributed by atoms with Crippen molar-refractivity contribution in [2.75, 3.05) is 25.1 Å². The molecular weight excluding hydrogens is 577 g/mol. The Bertz CT molecular complexity index is 1510. The highest BCUT2D eigenvalue weighted by atomic mass is 32.2. The highest BCUT2D eigenvalue weighted by molar-refractivity contribution is 8.30. The van der Waals surface area contributed by atoms with Crippen LogP contribution in [0.15, 0.2) is 39.0 Å². The van der Waals surface area contributed by atoms with E-state index >= 15 is 0 Å². The van der Waals surface area contributed by atoms with Crippen LogP contribution in [0.5, 0.6) is 0 Å². The third-order valence-electron chi connectivity index (χ3n) is 6.25. The summed E-state index contributed by atoms with van der Waals surface area (Å²) < 4.78 is 2.69. The van der Waals surface area contributed by atoms with Crippen LogP contribution >= 0.6 is 47.1 Å². The molecule has 1 aromatic carbocycles. The third kappa shape index (κ3) is 6.03. The van der Waals surface area contributed by atoms with Crippen LogP contribution in [0.4, 0.5) is 5.69 Å². The number of carbonyl (C=O) groups excluding carboxylic acids is 1. The Kier molecular flexibility index (Phi) is 9.73. The molecule has 1 fully saturated rings. The van der Waals surface area contributed by atoms with Crippen molar-refractivity contribution in [1.82, 2.24) is 14.9 Å². The molecule has 0 bridgehead atoms. The summed E-state index contributed by atoms with van der Waals surface area (Å²) in [6.07, 6.45) is 5.71. The molecule has 3 heterocycles. The van der Waals surface area contributed by atoms with E-state index in [0.29, 0.717) is 15.7 Å². The number of thiocarbonyl (C=S) groups is 1. The SMILES string of the molecule is CCCC(NOC)c1ccc2c(c1)N(CC)/C(=C/C=c1/s/c(=C3\SC(=S)N(CC(=O)O)C3=O)n(CC)c1=O)S2. The van der Waals surface area contributed by atoms with E-state index in [-0.39, 0.29) is 20.8 Å². The van der Waals surface area contributed by atoms with Gasteiger partial charge in [0, 0.05) is 18.0 Å². The first kappa shape index (κ1) is 29.6. The minimum atomic E-state index is -1.15. The number of carboxylic acid groups (broad SMARTS) is 1. The minimum Gasteiger partial charge on any atom is -0.480 e. The van der Waals surface area contributed by atoms with Crippen molar-refractivity contribution in [3.05, 3.63) is 54.4 Å². The number of carbonyl (C=O) groups is 2. The number of nitrogens with one attached hydrogen (secondary N) is 1. The molecule has 4 rings (SSSR count). The number of nitrogens with zero attached hydrogens (tertiary/aromatic N) is 3. The lowest BCUT2D eigenvalue weighted by Gasteiger charge is -2.21. The van der Waals surface area contributed by atoms with Crippen LogP contribution in [0, 0.1) is 0 Å². The highest BCUT2D eigenvalue weighted by Crippen LogP contribution is 2.46. The number of hydrogen-bond acceptors (Lipinski definition) is 10. The number of hydroxylamine groups is 1. The van der Waals surface area contributed by atoms with Crippen LogP contribution in [-0.2, 0) is 21.0 Å². The van der Waals surface area contributed by atoms with E-state index in [9.17, 15) is 14.4 Å². The van der Waals surface area contributed by atoms with Gasteiger partial charge in [-0.25, -0.2) is 0 Å². The fourth-order valence-electron chi connectivity index (χ4n) is 4.44. The largest absolute Gasteiger partial charge is 0.480 e. The maximum atomic E-state index is 13.2. The van der Waals surface area contributed by atoms with E-state index in [0.717, 1.165) is 57.2 Å². The lowest BCUT2D eigenvalue weighted by molar-refractivity contribution is -0.140. The number of aromatic nitrogens is 1. The normalized spacial score (nSPS) is 19.0. The molecule has 1 atom stereocenters. The molecular formula is C26H30N4O5S4. The summed E-state index contributed by atoms with van der Waals surface area (Å²) in [5.74, 6) is -1.63. The summed E-state index contributed by atoms with van der Waals surface area (Å²) in [6.45, 7) is 6.69. The summed E-state index contributed by atoms with van der Waals surface area (Å²) in [6, 6.07) is 6.53. The summed E-state index contributed by atoms with van der Waals surface area (Å²) in [5, 5.41) is 10.1. The van der Waals surface area contributed by atoms with Gasteiger partial charge in [-0.2, -0.15) is 5.48 Å². The number of rotatable bonds is 10. The van der Waals surface area contributed by atoms with Crippen molar-refractivity contribution >= 4 is 79.9 Å². The van der Waals surface area contributed by atoms with Gasteiger partial charge in [-0.3, -0.25) is 23.9 Å². The Morgan fingerprint density at radius 1 is 1.15 bits per heavy atom. The van der Waals surface area contributed by atoms with Gasteiger partial charge in [0.1, 0.15) is 20.4 Å². The molecule has 13 heteroatoms. The van der Waals surface area contributed by atoms with E-state index in [4.69, 9.17) is 22.2 Å². The Hall–Kier alpha value is -2.42. The molecule has 0 aliphatic carbocycles. The zero-order valence-corrected chi connectivity index (χ0v) is 25.3. The van der Waals surface area contributed by atoms with Gasteiger partial charge in [0.15, 0.2) is 0 Å². The number of anilines is 1. The quantitative estimate of drug-likeness (QED) is 0.310. The fourth-order valence-corrected chi connectivity index (χ4v) is 8.07. The van der Waals surface area contributed by atoms with Gasteiger partial charge >= 0.3 is 5.97 Å². The van der Waals surface area contributed by atoms with Crippen LogP contribution in [0.25, 0.3) is 11.0 Å². The number of thioether (sulfide) groups is 2. The second kappa shape index (κ2) is 12.8. The minimum absolute atomic E-state index is 0.0959.